The molecule has 5 aliphatic rings. The van der Waals surface area contributed by atoms with E-state index in [9.17, 15) is 9.59 Å². The topological polar surface area (TPSA) is 139 Å². The smallest absolute Gasteiger partial charge is 0.180 e. The third-order valence-corrected chi connectivity index (χ3v) is 23.2. The van der Waals surface area contributed by atoms with Crippen LogP contribution in [0.15, 0.2) is 24.3 Å². The standard InChI is InChI=1S/C68H76I4O8.2C12H28N.2C3H6O.CHCl3.2BrH.H2O/c1-5-9-13-17-21-45-53-41-55-46(22-18-14-10-6-2)57-43-59-48(24-20-16-12-8-4)60-44-58-47(23-19-15-11-7-3)56-42-54(45)62-50(26-30-70)64(56)76-36-38-78-66(58)52(28-32-72)68(60)80-40-39-79-67(59)51(27-31-71)65(57)77-37-35-75-63(55)49(25-29-69)61(53)73-33-34-74-62;2*1-5-9-13(10-6-2,11-7-3)12-8-4;2*1-3(2)4;2-1(3)4;;;/h41-48H,5-24,33-40H2,1-4H3;2*5-12H2,1-4H3;2*1-2H3;1H;2*1H;1H2/q;2*+1;;;;;;/p-2. The minimum absolute atomic E-state index is 0. The van der Waals surface area contributed by atoms with Crippen LogP contribution in [-0.4, -0.2) is 136 Å². The van der Waals surface area contributed by atoms with Gasteiger partial charge in [0.2, 0.25) is 0 Å². The molecule has 4 aromatic carbocycles. The third-order valence-electron chi connectivity index (χ3n) is 22.1. The van der Waals surface area contributed by atoms with Crippen molar-refractivity contribution in [3.05, 3.63) is 91.0 Å². The van der Waals surface area contributed by atoms with E-state index in [1.54, 1.807) is 0 Å². The number of halogens is 9. The molecular formula is C99H147Br2Cl3I4N2O11. The van der Waals surface area contributed by atoms with Crippen molar-refractivity contribution >= 4 is 137 Å². The number of hydrogen-bond donors (Lipinski definition) is 0. The Morgan fingerprint density at radius 3 is 0.562 bits per heavy atom. The molecule has 13 nitrogen and oxygen atoms in total. The van der Waals surface area contributed by atoms with Gasteiger partial charge in [0.15, 0.2) is 4.30 Å². The van der Waals surface area contributed by atoms with Gasteiger partial charge in [-0.1, -0.05) is 221 Å². The average Bonchev–Trinajstić information content (AvgIpc) is 1.72. The van der Waals surface area contributed by atoms with Crippen LogP contribution < -0.4 is 71.9 Å². The van der Waals surface area contributed by atoms with Gasteiger partial charge in [-0.15, -0.1) is 0 Å². The number of rotatable bonds is 36. The summed E-state index contributed by atoms with van der Waals surface area (Å²) in [5, 5.41) is 0. The number of nitrogens with zero attached hydrogens (tertiary/aromatic N) is 2. The summed E-state index contributed by atoms with van der Waals surface area (Å²) in [5.74, 6) is 20.2. The molecule has 4 aromatic rings. The van der Waals surface area contributed by atoms with Crippen LogP contribution in [0.1, 0.15) is 381 Å². The Kier molecular flexibility index (Phi) is 64.3. The second-order valence-electron chi connectivity index (χ2n) is 32.2. The van der Waals surface area contributed by atoms with Crippen LogP contribution in [0.5, 0.6) is 46.0 Å². The lowest BCUT2D eigenvalue weighted by atomic mass is 9.74. The van der Waals surface area contributed by atoms with Gasteiger partial charge in [-0.05, 0) is 168 Å². The van der Waals surface area contributed by atoms with Gasteiger partial charge in [-0.3, -0.25) is 0 Å². The van der Waals surface area contributed by atoms with Gasteiger partial charge in [0.25, 0.3) is 0 Å². The Bertz CT molecular complexity index is 3300. The van der Waals surface area contributed by atoms with Gasteiger partial charge in [-0.25, -0.2) is 0 Å². The lowest BCUT2D eigenvalue weighted by molar-refractivity contribution is -0.928. The number of carbonyl (C=O) groups excluding carboxylic acids is 2. The molecule has 0 saturated heterocycles. The van der Waals surface area contributed by atoms with E-state index >= 15 is 0 Å². The average molecular weight is 2320 g/mol. The van der Waals surface area contributed by atoms with Crippen molar-refractivity contribution in [1.82, 2.24) is 0 Å². The molecule has 4 heterocycles. The summed E-state index contributed by atoms with van der Waals surface area (Å²) in [6, 6.07) is 9.82. The van der Waals surface area contributed by atoms with Crippen molar-refractivity contribution in [1.29, 1.82) is 0 Å². The van der Waals surface area contributed by atoms with Crippen LogP contribution in [0.4, 0.5) is 0 Å². The maximum atomic E-state index is 9.44. The van der Waals surface area contributed by atoms with Crippen LogP contribution in [0.3, 0.4) is 0 Å². The first-order chi connectivity index (χ1) is 57.1. The van der Waals surface area contributed by atoms with Gasteiger partial charge < -0.3 is 95.9 Å². The molecule has 8 bridgehead atoms. The van der Waals surface area contributed by atoms with E-state index in [1.165, 1.54) is 140 Å². The Hall–Kier alpha value is -2.51. The SMILES string of the molecule is CC(C)=O.CC(C)=O.CCCCCCC1c2cc3c4c(C#CI)c2OCCOc2c1cc1c(c2C#CI)OCCOc2c(cc5c(c2C#CI)OCCOc2c(cc(c(c2C#CI)OCCO4)C3CCCCCC)C5CCCCCC)C1CCCCCC.CCC[N+](CCC)(CCC)CCC.CCC[N+](CCC)(CCC)CCC.ClC(Cl)Cl.O.[Br-].[Br-]. The first kappa shape index (κ1) is 116. The highest BCUT2D eigenvalue weighted by atomic mass is 127. The van der Waals surface area contributed by atoms with E-state index in [-0.39, 0.29) is 74.7 Å². The fraction of sp³-hybridized carbons (Fsp3) is 0.657. The normalized spacial score (nSPS) is 15.2. The van der Waals surface area contributed by atoms with Crippen LogP contribution in [-0.2, 0) is 9.59 Å². The number of ketones is 2. The zero-order valence-corrected chi connectivity index (χ0v) is 90.3. The van der Waals surface area contributed by atoms with Crippen LogP contribution in [0, 0.1) is 39.4 Å². The number of alkyl halides is 3. The molecule has 0 saturated carbocycles. The van der Waals surface area contributed by atoms with Gasteiger partial charge in [0.05, 0.1) is 52.4 Å². The molecule has 1 aliphatic carbocycles. The highest BCUT2D eigenvalue weighted by molar-refractivity contribution is 14.1. The van der Waals surface area contributed by atoms with Crippen molar-refractivity contribution < 1.29 is 95.9 Å². The first-order valence-electron chi connectivity index (χ1n) is 45.0. The fourth-order valence-corrected chi connectivity index (χ4v) is 19.1. The summed E-state index contributed by atoms with van der Waals surface area (Å²) < 4.78 is 72.5. The van der Waals surface area contributed by atoms with E-state index in [4.69, 9.17) is 72.7 Å². The minimum Gasteiger partial charge on any atom is -1.00 e. The number of carbonyl (C=O) groups is 2. The lowest BCUT2D eigenvalue weighted by Crippen LogP contribution is -3.00. The number of ether oxygens (including phenoxy) is 8. The number of hydrogen-bond acceptors (Lipinski definition) is 10. The maximum absolute atomic E-state index is 9.44. The van der Waals surface area contributed by atoms with Gasteiger partial charge in [-0.2, -0.15) is 0 Å². The molecule has 682 valence electrons. The lowest BCUT2D eigenvalue weighted by Gasteiger charge is -2.38. The molecule has 22 heteroatoms. The zero-order chi connectivity index (χ0) is 86.8. The van der Waals surface area contributed by atoms with E-state index in [2.05, 4.69) is 237 Å². The number of Topliss-reactive ketones (excluding diaryl/α,β-unsaturated/α-hetero) is 2. The molecule has 0 aromatic heterocycles. The molecule has 121 heavy (non-hydrogen) atoms. The van der Waals surface area contributed by atoms with Crippen LogP contribution in [0.25, 0.3) is 0 Å². The molecule has 0 atom stereocenters. The first-order valence-corrected chi connectivity index (χ1v) is 50.7. The molecule has 2 N–H and O–H groups in total. The van der Waals surface area contributed by atoms with E-state index in [0.717, 1.165) is 241 Å². The monoisotopic (exact) mass is 2310 g/mol. The summed E-state index contributed by atoms with van der Waals surface area (Å²) >= 11 is 23.2. The Balaban J connectivity index is 0.00000148. The van der Waals surface area contributed by atoms with Crippen molar-refractivity contribution in [3.8, 4) is 85.4 Å². The largest absolute Gasteiger partial charge is 1.00 e. The van der Waals surface area contributed by atoms with E-state index < -0.39 is 4.30 Å². The quantitative estimate of drug-likeness (QED) is 0.0142. The Morgan fingerprint density at radius 2 is 0.446 bits per heavy atom. The summed E-state index contributed by atoms with van der Waals surface area (Å²) in [6.07, 6.45) is 31.6. The number of quaternary nitrogens is 2. The fourth-order valence-electron chi connectivity index (χ4n) is 18.0. The van der Waals surface area contributed by atoms with Gasteiger partial charge in [0.1, 0.15) is 133 Å². The second-order valence-corrected chi connectivity index (χ2v) is 36.3. The number of unbranched alkanes of at least 4 members (excludes halogenated alkanes) is 12. The molecule has 9 rings (SSSR count). The van der Waals surface area contributed by atoms with Crippen LogP contribution >= 0.6 is 125 Å². The van der Waals surface area contributed by atoms with Crippen molar-refractivity contribution in [2.24, 2.45) is 0 Å². The summed E-state index contributed by atoms with van der Waals surface area (Å²) in [5.41, 5.74) is 11.8. The summed E-state index contributed by atoms with van der Waals surface area (Å²) in [6.45, 7) is 47.2. The Labute approximate surface area is 824 Å². The maximum Gasteiger partial charge on any atom is 0.180 e. The molecule has 0 fully saturated rings. The molecule has 0 amide bonds. The third kappa shape index (κ3) is 37.1. The van der Waals surface area contributed by atoms with Crippen LogP contribution in [0.2, 0.25) is 0 Å². The van der Waals surface area contributed by atoms with Crippen molar-refractivity contribution in [3.63, 3.8) is 0 Å². The predicted octanol–water partition coefficient (Wildman–Crippen LogP) is 21.7. The molecule has 0 unspecified atom stereocenters. The van der Waals surface area contributed by atoms with Crippen molar-refractivity contribution in [2.75, 3.05) is 105 Å². The second kappa shape index (κ2) is 66.8. The number of benzene rings is 4. The highest BCUT2D eigenvalue weighted by Gasteiger charge is 2.41. The molecular weight excluding hydrogens is 2170 g/mol. The van der Waals surface area contributed by atoms with Crippen molar-refractivity contribution in [2.45, 2.75) is 319 Å². The van der Waals surface area contributed by atoms with E-state index in [0.29, 0.717) is 52.9 Å². The van der Waals surface area contributed by atoms with Gasteiger partial charge >= 0.3 is 0 Å². The van der Waals surface area contributed by atoms with Gasteiger partial charge in [0, 0.05) is 159 Å². The molecule has 4 aliphatic heterocycles. The summed E-state index contributed by atoms with van der Waals surface area (Å²) in [7, 11) is 0. The minimum atomic E-state index is -0.750. The predicted molar refractivity (Wildman–Crippen MR) is 535 cm³/mol. The molecule has 0 radical (unpaired) electrons. The van der Waals surface area contributed by atoms with E-state index in [1.807, 2.05) is 0 Å². The summed E-state index contributed by atoms with van der Waals surface area (Å²) in [4.78, 5) is 18.9. The zero-order valence-electron chi connectivity index (χ0n) is 76.2. The Morgan fingerprint density at radius 1 is 0.306 bits per heavy atom. The molecule has 0 spiro atoms. The highest BCUT2D eigenvalue weighted by Crippen LogP contribution is 2.58.